The minimum Gasteiger partial charge on any atom is -0.481 e. The van der Waals surface area contributed by atoms with E-state index in [9.17, 15) is 14.7 Å². The van der Waals surface area contributed by atoms with Gasteiger partial charge in [0.05, 0.1) is 18.6 Å². The predicted octanol–water partition coefficient (Wildman–Crippen LogP) is 2.72. The molecule has 0 aliphatic carbocycles. The van der Waals surface area contributed by atoms with Crippen molar-refractivity contribution in [3.05, 3.63) is 33.3 Å². The van der Waals surface area contributed by atoms with Crippen LogP contribution >= 0.6 is 27.5 Å². The molecular formula is C14H15BrClNO4. The van der Waals surface area contributed by atoms with Gasteiger partial charge in [0.1, 0.15) is 0 Å². The molecule has 7 heteroatoms. The summed E-state index contributed by atoms with van der Waals surface area (Å²) in [5, 5.41) is 9.83. The molecule has 0 bridgehead atoms. The maximum atomic E-state index is 12.1. The summed E-state index contributed by atoms with van der Waals surface area (Å²) in [6, 6.07) is 4.68. The van der Waals surface area contributed by atoms with Gasteiger partial charge in [-0.15, -0.1) is 0 Å². The molecule has 1 aromatic rings. The number of rotatable bonds is 5. The fourth-order valence-electron chi connectivity index (χ4n) is 2.59. The Labute approximate surface area is 136 Å². The molecule has 2 unspecified atom stereocenters. The smallest absolute Gasteiger partial charge is 0.309 e. The molecule has 1 fully saturated rings. The fourth-order valence-corrected chi connectivity index (χ4v) is 3.38. The van der Waals surface area contributed by atoms with Crippen LogP contribution in [0.3, 0.4) is 0 Å². The van der Waals surface area contributed by atoms with E-state index in [1.807, 2.05) is 0 Å². The molecule has 0 spiro atoms. The van der Waals surface area contributed by atoms with Crippen molar-refractivity contribution in [1.82, 2.24) is 4.90 Å². The maximum absolute atomic E-state index is 12.1. The second-order valence-corrected chi connectivity index (χ2v) is 6.16. The van der Waals surface area contributed by atoms with E-state index in [4.69, 9.17) is 16.3 Å². The summed E-state index contributed by atoms with van der Waals surface area (Å²) in [4.78, 5) is 25.1. The van der Waals surface area contributed by atoms with Crippen LogP contribution in [-0.4, -0.2) is 42.1 Å². The Balaban J connectivity index is 2.41. The van der Waals surface area contributed by atoms with Crippen molar-refractivity contribution in [2.24, 2.45) is 5.92 Å². The van der Waals surface area contributed by atoms with Gasteiger partial charge in [0.15, 0.2) is 0 Å². The monoisotopic (exact) mass is 375 g/mol. The molecule has 0 saturated carbocycles. The standard InChI is InChI=1S/C14H15BrClNO4/c1-21-5-4-17-12(18)7-10(14(19)20)13(17)9-3-2-8(15)6-11(9)16/h2-3,6,10,13H,4-5,7H2,1H3,(H,19,20). The van der Waals surface area contributed by atoms with Crippen molar-refractivity contribution in [2.75, 3.05) is 20.3 Å². The van der Waals surface area contributed by atoms with Gasteiger partial charge in [0.2, 0.25) is 5.91 Å². The van der Waals surface area contributed by atoms with Crippen LogP contribution < -0.4 is 0 Å². The average molecular weight is 377 g/mol. The summed E-state index contributed by atoms with van der Waals surface area (Å²) in [7, 11) is 1.54. The number of carbonyl (C=O) groups is 2. The normalized spacial score (nSPS) is 21.9. The van der Waals surface area contributed by atoms with E-state index in [2.05, 4.69) is 15.9 Å². The number of methoxy groups -OCH3 is 1. The molecule has 1 saturated heterocycles. The minimum atomic E-state index is -0.993. The van der Waals surface area contributed by atoms with Crippen LogP contribution in [0.5, 0.6) is 0 Å². The highest BCUT2D eigenvalue weighted by Crippen LogP contribution is 2.41. The number of likely N-dealkylation sites (tertiary alicyclic amines) is 1. The van der Waals surface area contributed by atoms with Crippen LogP contribution in [0.1, 0.15) is 18.0 Å². The number of carboxylic acid groups (broad SMARTS) is 1. The maximum Gasteiger partial charge on any atom is 0.309 e. The van der Waals surface area contributed by atoms with E-state index in [1.165, 1.54) is 12.0 Å². The third kappa shape index (κ3) is 3.39. The van der Waals surface area contributed by atoms with E-state index in [0.29, 0.717) is 23.7 Å². The summed E-state index contributed by atoms with van der Waals surface area (Å²) in [5.41, 5.74) is 0.647. The van der Waals surface area contributed by atoms with Gasteiger partial charge in [-0.1, -0.05) is 33.6 Å². The van der Waals surface area contributed by atoms with E-state index >= 15 is 0 Å². The number of ether oxygens (including phenoxy) is 1. The SMILES string of the molecule is COCCN1C(=O)CC(C(=O)O)C1c1ccc(Br)cc1Cl. The van der Waals surface area contributed by atoms with Crippen molar-refractivity contribution >= 4 is 39.4 Å². The van der Waals surface area contributed by atoms with E-state index in [1.54, 1.807) is 18.2 Å². The Bertz CT molecular complexity index is 566. The quantitative estimate of drug-likeness (QED) is 0.858. The molecule has 21 heavy (non-hydrogen) atoms. The van der Waals surface area contributed by atoms with Gasteiger partial charge >= 0.3 is 5.97 Å². The van der Waals surface area contributed by atoms with Crippen LogP contribution in [0.4, 0.5) is 0 Å². The molecule has 0 radical (unpaired) electrons. The van der Waals surface area contributed by atoms with E-state index in [0.717, 1.165) is 4.47 Å². The summed E-state index contributed by atoms with van der Waals surface area (Å²) < 4.78 is 5.80. The van der Waals surface area contributed by atoms with Crippen molar-refractivity contribution in [2.45, 2.75) is 12.5 Å². The molecule has 1 aromatic carbocycles. The zero-order chi connectivity index (χ0) is 15.6. The summed E-state index contributed by atoms with van der Waals surface area (Å²) in [5.74, 6) is -1.98. The average Bonchev–Trinajstić information content (AvgIpc) is 2.74. The van der Waals surface area contributed by atoms with Crippen molar-refractivity contribution in [3.63, 3.8) is 0 Å². The van der Waals surface area contributed by atoms with Gasteiger partial charge in [0, 0.05) is 29.6 Å². The number of hydrogen-bond donors (Lipinski definition) is 1. The van der Waals surface area contributed by atoms with Crippen molar-refractivity contribution in [1.29, 1.82) is 0 Å². The molecule has 2 atom stereocenters. The van der Waals surface area contributed by atoms with Gasteiger partial charge in [-0.05, 0) is 17.7 Å². The van der Waals surface area contributed by atoms with Crippen LogP contribution in [0, 0.1) is 5.92 Å². The highest BCUT2D eigenvalue weighted by molar-refractivity contribution is 9.10. The number of benzene rings is 1. The minimum absolute atomic E-state index is 0.0178. The number of hydrogen-bond acceptors (Lipinski definition) is 3. The lowest BCUT2D eigenvalue weighted by molar-refractivity contribution is -0.142. The second kappa shape index (κ2) is 6.77. The lowest BCUT2D eigenvalue weighted by Crippen LogP contribution is -2.33. The number of nitrogens with zero attached hydrogens (tertiary/aromatic N) is 1. The Morgan fingerprint density at radius 2 is 2.29 bits per heavy atom. The third-order valence-electron chi connectivity index (χ3n) is 3.57. The van der Waals surface area contributed by atoms with Crippen LogP contribution in [0.2, 0.25) is 5.02 Å². The highest BCUT2D eigenvalue weighted by Gasteiger charge is 2.45. The van der Waals surface area contributed by atoms with Gasteiger partial charge in [-0.25, -0.2) is 0 Å². The number of aliphatic carboxylic acids is 1. The Morgan fingerprint density at radius 1 is 1.57 bits per heavy atom. The molecule has 1 heterocycles. The molecule has 1 amide bonds. The topological polar surface area (TPSA) is 66.8 Å². The fraction of sp³-hybridized carbons (Fsp3) is 0.429. The van der Waals surface area contributed by atoms with Crippen molar-refractivity contribution < 1.29 is 19.4 Å². The zero-order valence-corrected chi connectivity index (χ0v) is 13.7. The lowest BCUT2D eigenvalue weighted by Gasteiger charge is -2.27. The van der Waals surface area contributed by atoms with Gasteiger partial charge in [-0.2, -0.15) is 0 Å². The second-order valence-electron chi connectivity index (χ2n) is 4.84. The third-order valence-corrected chi connectivity index (χ3v) is 4.39. The highest BCUT2D eigenvalue weighted by atomic mass is 79.9. The Kier molecular flexibility index (Phi) is 5.24. The molecule has 5 nitrogen and oxygen atoms in total. The number of amides is 1. The zero-order valence-electron chi connectivity index (χ0n) is 11.4. The predicted molar refractivity (Wildman–Crippen MR) is 81.2 cm³/mol. The molecule has 1 aliphatic heterocycles. The van der Waals surface area contributed by atoms with Gasteiger partial charge in [0.25, 0.3) is 0 Å². The molecular weight excluding hydrogens is 362 g/mol. The van der Waals surface area contributed by atoms with Gasteiger partial charge < -0.3 is 14.7 Å². The lowest BCUT2D eigenvalue weighted by atomic mass is 9.93. The molecule has 1 aliphatic rings. The number of carbonyl (C=O) groups excluding carboxylic acids is 1. The summed E-state index contributed by atoms with van der Waals surface area (Å²) in [6.45, 7) is 0.693. The first-order valence-electron chi connectivity index (χ1n) is 6.42. The summed E-state index contributed by atoms with van der Waals surface area (Å²) >= 11 is 9.55. The Morgan fingerprint density at radius 3 is 2.86 bits per heavy atom. The molecule has 0 aromatic heterocycles. The van der Waals surface area contributed by atoms with Crippen molar-refractivity contribution in [3.8, 4) is 0 Å². The Hall–Kier alpha value is -1.11. The molecule has 2 rings (SSSR count). The largest absolute Gasteiger partial charge is 0.481 e. The van der Waals surface area contributed by atoms with E-state index in [-0.39, 0.29) is 12.3 Å². The van der Waals surface area contributed by atoms with Crippen LogP contribution in [-0.2, 0) is 14.3 Å². The first kappa shape index (κ1) is 16.3. The molecule has 114 valence electrons. The number of halogens is 2. The van der Waals surface area contributed by atoms with Gasteiger partial charge in [-0.3, -0.25) is 9.59 Å². The molecule has 1 N–H and O–H groups in total. The summed E-state index contributed by atoms with van der Waals surface area (Å²) in [6.07, 6.45) is -0.0178. The first-order valence-corrected chi connectivity index (χ1v) is 7.59. The first-order chi connectivity index (χ1) is 9.95. The van der Waals surface area contributed by atoms with Crippen LogP contribution in [0.15, 0.2) is 22.7 Å². The van der Waals surface area contributed by atoms with E-state index < -0.39 is 17.9 Å². The number of carboxylic acids is 1. The van der Waals surface area contributed by atoms with Crippen LogP contribution in [0.25, 0.3) is 0 Å².